The standard InChI is InChI=1S/C12H7F4NO2/c1-6-8-4-7(13)2-3-9(8)19-10(6)11(17-5-18)12(14,15)16/h2-4,11H,1H3. The van der Waals surface area contributed by atoms with E-state index >= 15 is 0 Å². The van der Waals surface area contributed by atoms with Crippen molar-refractivity contribution in [1.29, 1.82) is 0 Å². The Balaban J connectivity index is 2.67. The van der Waals surface area contributed by atoms with Crippen molar-refractivity contribution in [3.63, 3.8) is 0 Å². The summed E-state index contributed by atoms with van der Waals surface area (Å²) in [5.41, 5.74) is 0.195. The summed E-state index contributed by atoms with van der Waals surface area (Å²) >= 11 is 0. The Kier molecular flexibility index (Phi) is 3.16. The van der Waals surface area contributed by atoms with Gasteiger partial charge in [-0.15, -0.1) is 0 Å². The average molecular weight is 273 g/mol. The lowest BCUT2D eigenvalue weighted by molar-refractivity contribution is -0.151. The number of nitrogens with zero attached hydrogens (tertiary/aromatic N) is 1. The molecule has 0 saturated heterocycles. The van der Waals surface area contributed by atoms with Gasteiger partial charge in [0.2, 0.25) is 12.1 Å². The molecule has 0 aliphatic heterocycles. The SMILES string of the molecule is Cc1c(C(N=C=O)C(F)(F)F)oc2ccc(F)cc12. The molecule has 2 aromatic rings. The van der Waals surface area contributed by atoms with Gasteiger partial charge in [0.1, 0.15) is 17.2 Å². The van der Waals surface area contributed by atoms with Crippen LogP contribution in [0.1, 0.15) is 17.4 Å². The van der Waals surface area contributed by atoms with Crippen LogP contribution in [0.3, 0.4) is 0 Å². The monoisotopic (exact) mass is 273 g/mol. The fraction of sp³-hybridized carbons (Fsp3) is 0.250. The van der Waals surface area contributed by atoms with Crippen molar-refractivity contribution >= 4 is 17.0 Å². The summed E-state index contributed by atoms with van der Waals surface area (Å²) in [6.45, 7) is 1.35. The molecule has 0 amide bonds. The van der Waals surface area contributed by atoms with Crippen LogP contribution in [0.4, 0.5) is 17.6 Å². The maximum absolute atomic E-state index is 13.1. The lowest BCUT2D eigenvalue weighted by Gasteiger charge is -2.12. The van der Waals surface area contributed by atoms with Crippen molar-refractivity contribution in [3.8, 4) is 0 Å². The average Bonchev–Trinajstić information content (AvgIpc) is 2.62. The van der Waals surface area contributed by atoms with Gasteiger partial charge in [-0.2, -0.15) is 18.2 Å². The molecule has 1 heterocycles. The molecule has 0 bridgehead atoms. The third-order valence-corrected chi connectivity index (χ3v) is 2.68. The van der Waals surface area contributed by atoms with Crippen molar-refractivity contribution < 1.29 is 26.8 Å². The van der Waals surface area contributed by atoms with Gasteiger partial charge in [0, 0.05) is 10.9 Å². The molecule has 0 spiro atoms. The van der Waals surface area contributed by atoms with Crippen LogP contribution in [0.25, 0.3) is 11.0 Å². The van der Waals surface area contributed by atoms with Gasteiger partial charge in [0.25, 0.3) is 0 Å². The number of hydrogen-bond acceptors (Lipinski definition) is 3. The predicted octanol–water partition coefficient (Wildman–Crippen LogP) is 3.82. The second-order valence-corrected chi connectivity index (χ2v) is 3.90. The minimum Gasteiger partial charge on any atom is -0.458 e. The molecule has 0 N–H and O–H groups in total. The fourth-order valence-electron chi connectivity index (χ4n) is 1.81. The number of hydrogen-bond donors (Lipinski definition) is 0. The maximum Gasteiger partial charge on any atom is 0.418 e. The normalized spacial score (nSPS) is 13.3. The minimum absolute atomic E-state index is 0.0934. The van der Waals surface area contributed by atoms with E-state index in [1.807, 2.05) is 0 Å². The summed E-state index contributed by atoms with van der Waals surface area (Å²) in [5, 5.41) is 0.213. The maximum atomic E-state index is 13.1. The van der Waals surface area contributed by atoms with Crippen LogP contribution in [0.15, 0.2) is 27.6 Å². The zero-order valence-corrected chi connectivity index (χ0v) is 9.58. The molecule has 1 atom stereocenters. The number of isocyanates is 1. The van der Waals surface area contributed by atoms with Gasteiger partial charge < -0.3 is 4.42 Å². The number of carbonyl (C=O) groups excluding carboxylic acids is 1. The lowest BCUT2D eigenvalue weighted by atomic mass is 10.1. The third kappa shape index (κ3) is 2.37. The summed E-state index contributed by atoms with van der Waals surface area (Å²) in [6, 6.07) is 0.927. The topological polar surface area (TPSA) is 42.6 Å². The van der Waals surface area contributed by atoms with Crippen molar-refractivity contribution in [2.24, 2.45) is 4.99 Å². The molecule has 1 unspecified atom stereocenters. The highest BCUT2D eigenvalue weighted by Crippen LogP contribution is 2.40. The number of halogens is 4. The molecule has 100 valence electrons. The number of rotatable bonds is 2. The van der Waals surface area contributed by atoms with E-state index in [9.17, 15) is 22.4 Å². The van der Waals surface area contributed by atoms with E-state index in [2.05, 4.69) is 4.99 Å². The fourth-order valence-corrected chi connectivity index (χ4v) is 1.81. The zero-order chi connectivity index (χ0) is 14.2. The Labute approximate surface area is 104 Å². The summed E-state index contributed by atoms with van der Waals surface area (Å²) in [5.74, 6) is -1.12. The first kappa shape index (κ1) is 13.3. The van der Waals surface area contributed by atoms with E-state index in [0.717, 1.165) is 18.2 Å². The smallest absolute Gasteiger partial charge is 0.418 e. The Morgan fingerprint density at radius 1 is 1.37 bits per heavy atom. The molecular formula is C12H7F4NO2. The number of aliphatic imine (C=N–C) groups is 1. The Bertz CT molecular complexity index is 668. The van der Waals surface area contributed by atoms with E-state index in [-0.39, 0.29) is 16.5 Å². The first-order valence-electron chi connectivity index (χ1n) is 5.17. The molecule has 1 aromatic carbocycles. The van der Waals surface area contributed by atoms with Crippen LogP contribution in [0.2, 0.25) is 0 Å². The molecule has 7 heteroatoms. The van der Waals surface area contributed by atoms with Crippen LogP contribution in [-0.2, 0) is 4.79 Å². The highest BCUT2D eigenvalue weighted by molar-refractivity contribution is 5.82. The third-order valence-electron chi connectivity index (χ3n) is 2.68. The van der Waals surface area contributed by atoms with E-state index < -0.39 is 23.8 Å². The van der Waals surface area contributed by atoms with Gasteiger partial charge in [-0.25, -0.2) is 9.18 Å². The van der Waals surface area contributed by atoms with Crippen molar-refractivity contribution in [1.82, 2.24) is 0 Å². The Morgan fingerprint density at radius 2 is 2.05 bits per heavy atom. The molecule has 19 heavy (non-hydrogen) atoms. The van der Waals surface area contributed by atoms with Crippen molar-refractivity contribution in [3.05, 3.63) is 35.3 Å². The van der Waals surface area contributed by atoms with Gasteiger partial charge in [-0.3, -0.25) is 0 Å². The minimum atomic E-state index is -4.78. The number of alkyl halides is 3. The molecule has 3 nitrogen and oxygen atoms in total. The molecular weight excluding hydrogens is 266 g/mol. The second-order valence-electron chi connectivity index (χ2n) is 3.90. The number of aryl methyl sites for hydroxylation is 1. The molecule has 0 radical (unpaired) electrons. The molecule has 2 rings (SSSR count). The number of benzene rings is 1. The van der Waals surface area contributed by atoms with Crippen LogP contribution < -0.4 is 0 Å². The summed E-state index contributed by atoms with van der Waals surface area (Å²) < 4.78 is 56.4. The Hall–Kier alpha value is -2.14. The summed E-state index contributed by atoms with van der Waals surface area (Å²) in [4.78, 5) is 12.8. The Morgan fingerprint density at radius 3 is 2.63 bits per heavy atom. The van der Waals surface area contributed by atoms with Crippen LogP contribution in [0.5, 0.6) is 0 Å². The van der Waals surface area contributed by atoms with Gasteiger partial charge in [0.05, 0.1) is 0 Å². The first-order chi connectivity index (χ1) is 8.84. The highest BCUT2D eigenvalue weighted by Gasteiger charge is 2.44. The first-order valence-corrected chi connectivity index (χ1v) is 5.17. The number of fused-ring (bicyclic) bond motifs is 1. The highest BCUT2D eigenvalue weighted by atomic mass is 19.4. The van der Waals surface area contributed by atoms with E-state index in [1.165, 1.54) is 13.0 Å². The second kappa shape index (κ2) is 4.51. The predicted molar refractivity (Wildman–Crippen MR) is 57.8 cm³/mol. The van der Waals surface area contributed by atoms with Gasteiger partial charge in [0.15, 0.2) is 0 Å². The molecule has 0 saturated carbocycles. The van der Waals surface area contributed by atoms with Gasteiger partial charge in [-0.1, -0.05) is 0 Å². The molecule has 0 aliphatic rings. The quantitative estimate of drug-likeness (QED) is 0.474. The van der Waals surface area contributed by atoms with Crippen LogP contribution >= 0.6 is 0 Å². The lowest BCUT2D eigenvalue weighted by Crippen LogP contribution is -2.19. The van der Waals surface area contributed by atoms with Crippen LogP contribution in [0, 0.1) is 12.7 Å². The molecule has 0 fully saturated rings. The largest absolute Gasteiger partial charge is 0.458 e. The number of furan rings is 1. The van der Waals surface area contributed by atoms with Crippen LogP contribution in [-0.4, -0.2) is 12.3 Å². The van der Waals surface area contributed by atoms with Gasteiger partial charge in [-0.05, 0) is 25.1 Å². The van der Waals surface area contributed by atoms with Crippen molar-refractivity contribution in [2.75, 3.05) is 0 Å². The van der Waals surface area contributed by atoms with E-state index in [1.54, 1.807) is 0 Å². The summed E-state index contributed by atoms with van der Waals surface area (Å²) in [7, 11) is 0. The van der Waals surface area contributed by atoms with Crippen molar-refractivity contribution in [2.45, 2.75) is 19.1 Å². The van der Waals surface area contributed by atoms with E-state index in [0.29, 0.717) is 0 Å². The van der Waals surface area contributed by atoms with Gasteiger partial charge >= 0.3 is 6.18 Å². The van der Waals surface area contributed by atoms with E-state index in [4.69, 9.17) is 4.42 Å². The molecule has 1 aromatic heterocycles. The summed E-state index contributed by atoms with van der Waals surface area (Å²) in [6.07, 6.45) is -3.91. The molecule has 0 aliphatic carbocycles. The zero-order valence-electron chi connectivity index (χ0n) is 9.58.